The first-order chi connectivity index (χ1) is 14.1. The third-order valence-electron chi connectivity index (χ3n) is 5.27. The zero-order valence-corrected chi connectivity index (χ0v) is 17.9. The molecule has 2 aromatic heterocycles. The van der Waals surface area contributed by atoms with Gasteiger partial charge in [-0.3, -0.25) is 0 Å². The Bertz CT molecular complexity index is 1250. The maximum absolute atomic E-state index is 6.11. The molecule has 1 atom stereocenters. The average Bonchev–Trinajstić information content (AvgIpc) is 3.11. The van der Waals surface area contributed by atoms with E-state index in [-0.39, 0.29) is 6.04 Å². The second-order valence-electron chi connectivity index (χ2n) is 6.92. The molecule has 29 heavy (non-hydrogen) atoms. The van der Waals surface area contributed by atoms with Gasteiger partial charge in [0, 0.05) is 5.56 Å². The SMILES string of the molecule is CC(C1=C(c2ccccc2)c2ccccc2OC1)n1nc(I)c2c(N)ncnc21. The van der Waals surface area contributed by atoms with Crippen molar-refractivity contribution in [1.82, 2.24) is 19.7 Å². The van der Waals surface area contributed by atoms with E-state index in [0.29, 0.717) is 12.4 Å². The van der Waals surface area contributed by atoms with Crippen molar-refractivity contribution in [3.63, 3.8) is 0 Å². The molecule has 1 aliphatic rings. The summed E-state index contributed by atoms with van der Waals surface area (Å²) in [4.78, 5) is 8.58. The lowest BCUT2D eigenvalue weighted by Gasteiger charge is -2.28. The van der Waals surface area contributed by atoms with E-state index in [1.807, 2.05) is 28.9 Å². The molecule has 0 spiro atoms. The van der Waals surface area contributed by atoms with Crippen LogP contribution in [0, 0.1) is 3.70 Å². The molecule has 0 radical (unpaired) electrons. The molecule has 0 aliphatic carbocycles. The Balaban J connectivity index is 1.75. The van der Waals surface area contributed by atoms with Crippen LogP contribution in [0.1, 0.15) is 24.1 Å². The summed E-state index contributed by atoms with van der Waals surface area (Å²) < 4.78 is 8.83. The number of aromatic nitrogens is 4. The largest absolute Gasteiger partial charge is 0.488 e. The predicted molar refractivity (Wildman–Crippen MR) is 122 cm³/mol. The molecule has 1 unspecified atom stereocenters. The number of anilines is 1. The van der Waals surface area contributed by atoms with Crippen molar-refractivity contribution in [2.24, 2.45) is 0 Å². The average molecular weight is 495 g/mol. The molecule has 0 amide bonds. The standard InChI is InChI=1S/C22H18IN5O/c1-13(28-22-19(20(23)27-28)21(24)25-12-26-22)16-11-29-17-10-6-5-9-15(17)18(16)14-7-3-2-4-8-14/h2-10,12-13H,11H2,1H3,(H2,24,25,26). The number of hydrogen-bond donors (Lipinski definition) is 1. The van der Waals surface area contributed by atoms with Crippen LogP contribution in [0.4, 0.5) is 5.82 Å². The normalized spacial score (nSPS) is 14.6. The quantitative estimate of drug-likeness (QED) is 0.425. The van der Waals surface area contributed by atoms with Crippen LogP contribution in [-0.4, -0.2) is 26.4 Å². The second-order valence-corrected chi connectivity index (χ2v) is 7.94. The van der Waals surface area contributed by atoms with Gasteiger partial charge in [0.05, 0.1) is 11.4 Å². The highest BCUT2D eigenvalue weighted by molar-refractivity contribution is 14.1. The molecule has 0 saturated heterocycles. The number of halogens is 1. The fourth-order valence-corrected chi connectivity index (χ4v) is 4.60. The molecule has 2 N–H and O–H groups in total. The molecule has 7 heteroatoms. The number of nitrogen functional groups attached to an aromatic ring is 1. The van der Waals surface area contributed by atoms with Crippen molar-refractivity contribution in [3.05, 3.63) is 81.3 Å². The number of fused-ring (bicyclic) bond motifs is 2. The van der Waals surface area contributed by atoms with Crippen molar-refractivity contribution in [1.29, 1.82) is 0 Å². The molecule has 1 aliphatic heterocycles. The Labute approximate surface area is 181 Å². The van der Waals surface area contributed by atoms with E-state index in [9.17, 15) is 0 Å². The lowest BCUT2D eigenvalue weighted by Crippen LogP contribution is -2.21. The fraction of sp³-hybridized carbons (Fsp3) is 0.136. The highest BCUT2D eigenvalue weighted by atomic mass is 127. The lowest BCUT2D eigenvalue weighted by molar-refractivity contribution is 0.327. The van der Waals surface area contributed by atoms with Crippen molar-refractivity contribution in [3.8, 4) is 5.75 Å². The van der Waals surface area contributed by atoms with Gasteiger partial charge in [-0.25, -0.2) is 14.6 Å². The topological polar surface area (TPSA) is 78.9 Å². The van der Waals surface area contributed by atoms with Crippen LogP contribution in [0.3, 0.4) is 0 Å². The van der Waals surface area contributed by atoms with E-state index in [2.05, 4.69) is 69.8 Å². The first kappa shape index (κ1) is 18.1. The van der Waals surface area contributed by atoms with Gasteiger partial charge in [-0.15, -0.1) is 0 Å². The van der Waals surface area contributed by atoms with Gasteiger partial charge in [0.15, 0.2) is 5.65 Å². The van der Waals surface area contributed by atoms with E-state index in [1.165, 1.54) is 11.9 Å². The van der Waals surface area contributed by atoms with Crippen LogP contribution in [0.5, 0.6) is 5.75 Å². The number of nitrogens with zero attached hydrogens (tertiary/aromatic N) is 4. The molecule has 144 valence electrons. The minimum absolute atomic E-state index is 0.0705. The summed E-state index contributed by atoms with van der Waals surface area (Å²) in [6.07, 6.45) is 1.48. The molecule has 6 nitrogen and oxygen atoms in total. The minimum Gasteiger partial charge on any atom is -0.488 e. The zero-order chi connectivity index (χ0) is 20.0. The summed E-state index contributed by atoms with van der Waals surface area (Å²) in [5.74, 6) is 1.34. The number of hydrogen-bond acceptors (Lipinski definition) is 5. The number of nitrogens with two attached hydrogens (primary N) is 1. The van der Waals surface area contributed by atoms with Gasteiger partial charge in [-0.2, -0.15) is 5.10 Å². The van der Waals surface area contributed by atoms with Gasteiger partial charge in [0.25, 0.3) is 0 Å². The third-order valence-corrected chi connectivity index (χ3v) is 6.02. The highest BCUT2D eigenvalue weighted by Gasteiger charge is 2.28. The van der Waals surface area contributed by atoms with Gasteiger partial charge in [-0.1, -0.05) is 48.5 Å². The van der Waals surface area contributed by atoms with E-state index in [1.54, 1.807) is 0 Å². The molecule has 5 rings (SSSR count). The molecule has 0 saturated carbocycles. The van der Waals surface area contributed by atoms with Crippen LogP contribution in [-0.2, 0) is 0 Å². The molecule has 4 aromatic rings. The van der Waals surface area contributed by atoms with E-state index in [0.717, 1.165) is 37.2 Å². The predicted octanol–water partition coefficient (Wildman–Crippen LogP) is 4.47. The first-order valence-corrected chi connectivity index (χ1v) is 10.4. The smallest absolute Gasteiger partial charge is 0.165 e. The van der Waals surface area contributed by atoms with E-state index >= 15 is 0 Å². The Kier molecular flexibility index (Phi) is 4.46. The van der Waals surface area contributed by atoms with Crippen LogP contribution in [0.25, 0.3) is 16.6 Å². The summed E-state index contributed by atoms with van der Waals surface area (Å²) >= 11 is 2.19. The number of para-hydroxylation sites is 1. The van der Waals surface area contributed by atoms with Crippen LogP contribution >= 0.6 is 22.6 Å². The molecular formula is C22H18IN5O. The molecular weight excluding hydrogens is 477 g/mol. The Morgan fingerprint density at radius 3 is 2.66 bits per heavy atom. The van der Waals surface area contributed by atoms with Crippen molar-refractivity contribution in [2.75, 3.05) is 12.3 Å². The maximum atomic E-state index is 6.11. The van der Waals surface area contributed by atoms with Crippen LogP contribution in [0.15, 0.2) is 66.5 Å². The number of benzene rings is 2. The first-order valence-electron chi connectivity index (χ1n) is 9.30. The summed E-state index contributed by atoms with van der Waals surface area (Å²) in [5, 5.41) is 5.53. The zero-order valence-electron chi connectivity index (χ0n) is 15.7. The maximum Gasteiger partial charge on any atom is 0.165 e. The van der Waals surface area contributed by atoms with E-state index in [4.69, 9.17) is 15.6 Å². The Morgan fingerprint density at radius 2 is 1.83 bits per heavy atom. The van der Waals surface area contributed by atoms with E-state index < -0.39 is 0 Å². The van der Waals surface area contributed by atoms with Gasteiger partial charge in [0.2, 0.25) is 0 Å². The van der Waals surface area contributed by atoms with Crippen LogP contribution in [0.2, 0.25) is 0 Å². The summed E-state index contributed by atoms with van der Waals surface area (Å²) in [7, 11) is 0. The van der Waals surface area contributed by atoms with Crippen molar-refractivity contribution < 1.29 is 4.74 Å². The second kappa shape index (κ2) is 7.14. The third kappa shape index (κ3) is 2.96. The van der Waals surface area contributed by atoms with Crippen molar-refractivity contribution in [2.45, 2.75) is 13.0 Å². The molecule has 2 aromatic carbocycles. The summed E-state index contributed by atoms with van der Waals surface area (Å²) in [6, 6.07) is 18.5. The molecule has 3 heterocycles. The Hall–Kier alpha value is -2.94. The Morgan fingerprint density at radius 1 is 1.07 bits per heavy atom. The van der Waals surface area contributed by atoms with Gasteiger partial charge >= 0.3 is 0 Å². The summed E-state index contributed by atoms with van der Waals surface area (Å²) in [6.45, 7) is 2.61. The summed E-state index contributed by atoms with van der Waals surface area (Å²) in [5.41, 5.74) is 11.4. The minimum atomic E-state index is -0.0705. The monoisotopic (exact) mass is 495 g/mol. The number of rotatable bonds is 3. The van der Waals surface area contributed by atoms with Gasteiger partial charge in [-0.05, 0) is 52.3 Å². The number of ether oxygens (including phenoxy) is 1. The van der Waals surface area contributed by atoms with Gasteiger partial charge < -0.3 is 10.5 Å². The highest BCUT2D eigenvalue weighted by Crippen LogP contribution is 2.41. The van der Waals surface area contributed by atoms with Gasteiger partial charge in [0.1, 0.15) is 28.2 Å². The lowest BCUT2D eigenvalue weighted by atomic mass is 9.88. The van der Waals surface area contributed by atoms with Crippen LogP contribution < -0.4 is 10.5 Å². The fourth-order valence-electron chi connectivity index (χ4n) is 3.85. The van der Waals surface area contributed by atoms with Crippen molar-refractivity contribution >= 4 is 45.0 Å². The molecule has 0 fully saturated rings. The molecule has 0 bridgehead atoms.